The SMILES string of the molecule is O=S(=O)(O)c1ccc2c(N=Nc3ccccc3)c(O)c(S(=O)(=O)O[As](=O)(O)O)cc2c1. The minimum absolute atomic E-state index is 0.0325. The number of aromatic hydroxyl groups is 1. The molecule has 0 unspecified atom stereocenters. The Bertz CT molecular complexity index is 1450. The molecule has 0 heterocycles. The number of fused-ring (bicyclic) bond motifs is 1. The quantitative estimate of drug-likeness (QED) is 0.206. The number of benzene rings is 3. The van der Waals surface area contributed by atoms with Crippen LogP contribution < -0.4 is 0 Å². The van der Waals surface area contributed by atoms with Crippen molar-refractivity contribution in [2.45, 2.75) is 9.79 Å². The number of hydrogen-bond acceptors (Lipinski definition) is 9. The first kappa shape index (κ1) is 23.1. The summed E-state index contributed by atoms with van der Waals surface area (Å²) in [5.74, 6) is -1.03. The molecule has 15 heteroatoms. The van der Waals surface area contributed by atoms with Gasteiger partial charge in [0.25, 0.3) is 0 Å². The predicted molar refractivity (Wildman–Crippen MR) is 105 cm³/mol. The van der Waals surface area contributed by atoms with Gasteiger partial charge in [0.15, 0.2) is 0 Å². The van der Waals surface area contributed by atoms with Gasteiger partial charge in [-0.1, -0.05) is 0 Å². The molecule has 3 aromatic rings. The molecule has 0 saturated heterocycles. The number of azo groups is 1. The van der Waals surface area contributed by atoms with Gasteiger partial charge in [-0.15, -0.1) is 0 Å². The molecule has 0 bridgehead atoms. The van der Waals surface area contributed by atoms with Gasteiger partial charge < -0.3 is 0 Å². The van der Waals surface area contributed by atoms with Crippen LogP contribution in [0.4, 0.5) is 11.4 Å². The molecular formula is C16H13AsN2O10S2. The first-order valence-electron chi connectivity index (χ1n) is 8.04. The van der Waals surface area contributed by atoms with Crippen molar-refractivity contribution >= 4 is 56.9 Å². The summed E-state index contributed by atoms with van der Waals surface area (Å²) in [6.07, 6.45) is 0. The normalized spacial score (nSPS) is 13.1. The second-order valence-electron chi connectivity index (χ2n) is 5.98. The molecule has 164 valence electrons. The molecule has 0 aliphatic rings. The molecule has 4 N–H and O–H groups in total. The Hall–Kier alpha value is -2.58. The van der Waals surface area contributed by atoms with Crippen molar-refractivity contribution in [3.05, 3.63) is 54.6 Å². The van der Waals surface area contributed by atoms with E-state index in [1.165, 1.54) is 0 Å². The summed E-state index contributed by atoms with van der Waals surface area (Å²) < 4.78 is 89.5. The van der Waals surface area contributed by atoms with Crippen LogP contribution in [-0.2, 0) is 27.1 Å². The molecule has 0 amide bonds. The molecule has 3 rings (SSSR count). The molecule has 31 heavy (non-hydrogen) atoms. The van der Waals surface area contributed by atoms with Crippen molar-refractivity contribution in [1.82, 2.24) is 0 Å². The van der Waals surface area contributed by atoms with Crippen LogP contribution in [0.25, 0.3) is 10.8 Å². The zero-order chi connectivity index (χ0) is 23.0. The average molecular weight is 532 g/mol. The fourth-order valence-corrected chi connectivity index (χ4v) is 6.12. The number of rotatable bonds is 6. The van der Waals surface area contributed by atoms with Crippen molar-refractivity contribution in [2.75, 3.05) is 0 Å². The Morgan fingerprint density at radius 1 is 0.903 bits per heavy atom. The summed E-state index contributed by atoms with van der Waals surface area (Å²) >= 11 is -6.19. The minimum atomic E-state index is -6.19. The zero-order valence-electron chi connectivity index (χ0n) is 15.1. The van der Waals surface area contributed by atoms with E-state index in [2.05, 4.69) is 13.4 Å². The second-order valence-corrected chi connectivity index (χ2v) is 11.9. The van der Waals surface area contributed by atoms with Crippen molar-refractivity contribution in [2.24, 2.45) is 10.2 Å². The van der Waals surface area contributed by atoms with Gasteiger partial charge in [-0.25, -0.2) is 0 Å². The molecule has 12 nitrogen and oxygen atoms in total. The van der Waals surface area contributed by atoms with Gasteiger partial charge in [0, 0.05) is 0 Å². The summed E-state index contributed by atoms with van der Waals surface area (Å²) in [6.45, 7) is 0. The van der Waals surface area contributed by atoms with Crippen molar-refractivity contribution < 1.29 is 41.6 Å². The summed E-state index contributed by atoms with van der Waals surface area (Å²) in [5, 5.41) is 18.1. The van der Waals surface area contributed by atoms with Crippen LogP contribution in [0, 0.1) is 0 Å². The molecule has 0 spiro atoms. The predicted octanol–water partition coefficient (Wildman–Crippen LogP) is 1.76. The molecule has 0 fully saturated rings. The summed E-state index contributed by atoms with van der Waals surface area (Å²) in [7, 11) is -9.86. The van der Waals surface area contributed by atoms with Crippen LogP contribution in [0.3, 0.4) is 0 Å². The second kappa shape index (κ2) is 8.16. The third-order valence-electron chi connectivity index (χ3n) is 3.81. The molecule has 0 aliphatic heterocycles. The van der Waals surface area contributed by atoms with Gasteiger partial charge in [-0.05, 0) is 0 Å². The number of hydrogen-bond donors (Lipinski definition) is 4. The first-order valence-corrected chi connectivity index (χ1v) is 14.1. The van der Waals surface area contributed by atoms with Gasteiger partial charge in [-0.3, -0.25) is 0 Å². The van der Waals surface area contributed by atoms with Crippen LogP contribution in [-0.4, -0.2) is 49.2 Å². The van der Waals surface area contributed by atoms with Crippen LogP contribution in [0.5, 0.6) is 5.75 Å². The van der Waals surface area contributed by atoms with Gasteiger partial charge in [0.1, 0.15) is 0 Å². The molecular weight excluding hydrogens is 519 g/mol. The molecule has 0 saturated carbocycles. The van der Waals surface area contributed by atoms with E-state index in [1.807, 2.05) is 0 Å². The maximum absolute atomic E-state index is 12.3. The van der Waals surface area contributed by atoms with E-state index < -0.39 is 56.0 Å². The van der Waals surface area contributed by atoms with E-state index in [1.54, 1.807) is 30.3 Å². The Morgan fingerprint density at radius 3 is 2.13 bits per heavy atom. The van der Waals surface area contributed by atoms with Crippen molar-refractivity contribution in [1.29, 1.82) is 0 Å². The Labute approximate surface area is 178 Å². The van der Waals surface area contributed by atoms with E-state index in [9.17, 15) is 30.2 Å². The molecule has 3 aromatic carbocycles. The monoisotopic (exact) mass is 532 g/mol. The van der Waals surface area contributed by atoms with Crippen LogP contribution in [0.2, 0.25) is 0 Å². The topological polar surface area (TPSA) is 200 Å². The van der Waals surface area contributed by atoms with Crippen LogP contribution >= 0.6 is 0 Å². The summed E-state index contributed by atoms with van der Waals surface area (Å²) in [5.41, 5.74) is -0.115. The Kier molecular flexibility index (Phi) is 6.08. The Balaban J connectivity index is 2.33. The number of phenols is 1. The zero-order valence-corrected chi connectivity index (χ0v) is 18.6. The van der Waals surface area contributed by atoms with E-state index in [4.69, 9.17) is 8.19 Å². The standard InChI is InChI=1S/C16H13AsN2O10S2/c20-16-14(31(27,28)29-17(21,22)23)9-10-8-12(30(24,25)26)6-7-13(10)15(16)19-18-11-4-2-1-3-5-11/h1-9,20H,(H2,21,22,23)(H,24,25,26). The third-order valence-corrected chi connectivity index (χ3v) is 8.35. The maximum atomic E-state index is 12.3. The number of phenolic OH excluding ortho intramolecular Hbond substituents is 1. The van der Waals surface area contributed by atoms with E-state index in [0.29, 0.717) is 5.69 Å². The average Bonchev–Trinajstić information content (AvgIpc) is 2.64. The van der Waals surface area contributed by atoms with Crippen LogP contribution in [0.15, 0.2) is 74.6 Å². The fourth-order valence-electron chi connectivity index (χ4n) is 2.55. The molecule has 0 aliphatic carbocycles. The van der Waals surface area contributed by atoms with Gasteiger partial charge in [-0.2, -0.15) is 0 Å². The van der Waals surface area contributed by atoms with Crippen molar-refractivity contribution in [3.63, 3.8) is 0 Å². The molecule has 0 atom stereocenters. The van der Waals surface area contributed by atoms with Gasteiger partial charge in [0.05, 0.1) is 0 Å². The molecule has 0 radical (unpaired) electrons. The van der Waals surface area contributed by atoms with E-state index in [-0.39, 0.29) is 10.8 Å². The van der Waals surface area contributed by atoms with Gasteiger partial charge in [0.2, 0.25) is 0 Å². The fraction of sp³-hybridized carbons (Fsp3) is 0. The Morgan fingerprint density at radius 2 is 1.55 bits per heavy atom. The van der Waals surface area contributed by atoms with E-state index >= 15 is 0 Å². The van der Waals surface area contributed by atoms with Gasteiger partial charge >= 0.3 is 179 Å². The first-order chi connectivity index (χ1) is 14.3. The van der Waals surface area contributed by atoms with E-state index in [0.717, 1.165) is 24.3 Å². The summed E-state index contributed by atoms with van der Waals surface area (Å²) in [4.78, 5) is -1.68. The number of nitrogens with zero attached hydrogens (tertiary/aromatic N) is 2. The summed E-state index contributed by atoms with van der Waals surface area (Å²) in [6, 6.07) is 11.8. The molecule has 0 aromatic heterocycles. The van der Waals surface area contributed by atoms with Crippen LogP contribution in [0.1, 0.15) is 0 Å². The van der Waals surface area contributed by atoms with Crippen molar-refractivity contribution in [3.8, 4) is 5.75 Å². The third kappa shape index (κ3) is 5.37.